The molecule has 1 aliphatic carbocycles. The Bertz CT molecular complexity index is 663. The van der Waals surface area contributed by atoms with Crippen molar-refractivity contribution in [1.29, 1.82) is 0 Å². The molecule has 1 saturated carbocycles. The molecule has 2 amide bonds. The maximum Gasteiger partial charge on any atom is 0.329 e. The average molecular weight is 381 g/mol. The predicted molar refractivity (Wildman–Crippen MR) is 100 cm³/mol. The average Bonchev–Trinajstić information content (AvgIpc) is 3.01. The van der Waals surface area contributed by atoms with Gasteiger partial charge in [0, 0.05) is 11.3 Å². The van der Waals surface area contributed by atoms with Crippen molar-refractivity contribution in [1.82, 2.24) is 10.3 Å². The fraction of sp³-hybridized carbons (Fsp3) is 0.667. The van der Waals surface area contributed by atoms with Gasteiger partial charge in [-0.2, -0.15) is 0 Å². The second-order valence-electron chi connectivity index (χ2n) is 7.25. The highest BCUT2D eigenvalue weighted by atomic mass is 32.1. The Morgan fingerprint density at radius 1 is 1.35 bits per heavy atom. The molecule has 1 fully saturated rings. The van der Waals surface area contributed by atoms with Crippen LogP contribution in [0.25, 0.3) is 0 Å². The Kier molecular flexibility index (Phi) is 6.75. The number of aliphatic carboxylic acids is 1. The van der Waals surface area contributed by atoms with Crippen LogP contribution < -0.4 is 10.6 Å². The first-order valence-electron chi connectivity index (χ1n) is 9.05. The summed E-state index contributed by atoms with van der Waals surface area (Å²) in [6, 6.07) is 0. The topological polar surface area (TPSA) is 108 Å². The summed E-state index contributed by atoms with van der Waals surface area (Å²) in [4.78, 5) is 40.1. The molecule has 1 aliphatic rings. The van der Waals surface area contributed by atoms with Crippen LogP contribution in [0.15, 0.2) is 5.38 Å². The molecule has 0 aromatic carbocycles. The summed E-state index contributed by atoms with van der Waals surface area (Å²) >= 11 is 1.25. The van der Waals surface area contributed by atoms with Crippen molar-refractivity contribution in [3.8, 4) is 0 Å². The van der Waals surface area contributed by atoms with E-state index in [0.717, 1.165) is 19.3 Å². The number of hydrogen-bond donors (Lipinski definition) is 3. The maximum absolute atomic E-state index is 12.4. The van der Waals surface area contributed by atoms with E-state index in [-0.39, 0.29) is 24.2 Å². The smallest absolute Gasteiger partial charge is 0.329 e. The minimum absolute atomic E-state index is 0.000283. The molecule has 0 unspecified atom stereocenters. The van der Waals surface area contributed by atoms with E-state index in [1.54, 1.807) is 19.2 Å². The van der Waals surface area contributed by atoms with Gasteiger partial charge in [0.15, 0.2) is 5.13 Å². The standard InChI is InChI=1S/C18H27N3O4S/c1-4-12-5-7-18(8-6-12,16(24)25)21-14(22)9-13-10-26-17(19-13)20-15(23)11(2)3/h10-12H,4-9H2,1-3H3,(H,21,22)(H,24,25)(H,19,20,23). The maximum atomic E-state index is 12.4. The second kappa shape index (κ2) is 8.62. The van der Waals surface area contributed by atoms with Crippen LogP contribution in [0.3, 0.4) is 0 Å². The van der Waals surface area contributed by atoms with E-state index in [1.807, 2.05) is 0 Å². The van der Waals surface area contributed by atoms with Gasteiger partial charge in [0.2, 0.25) is 11.8 Å². The molecule has 0 atom stereocenters. The molecule has 0 aliphatic heterocycles. The van der Waals surface area contributed by atoms with Crippen molar-refractivity contribution in [3.63, 3.8) is 0 Å². The summed E-state index contributed by atoms with van der Waals surface area (Å²) in [5, 5.41) is 17.2. The molecule has 144 valence electrons. The van der Waals surface area contributed by atoms with Gasteiger partial charge in [-0.25, -0.2) is 9.78 Å². The summed E-state index contributed by atoms with van der Waals surface area (Å²) in [6.45, 7) is 5.68. The summed E-state index contributed by atoms with van der Waals surface area (Å²) < 4.78 is 0. The molecular formula is C18H27N3O4S. The molecular weight excluding hydrogens is 354 g/mol. The van der Waals surface area contributed by atoms with Crippen LogP contribution in [0, 0.1) is 11.8 Å². The number of carbonyl (C=O) groups excluding carboxylic acids is 2. The zero-order chi connectivity index (χ0) is 19.3. The number of carboxylic acid groups (broad SMARTS) is 1. The minimum Gasteiger partial charge on any atom is -0.480 e. The summed E-state index contributed by atoms with van der Waals surface area (Å²) in [5.74, 6) is -1.07. The number of carboxylic acids is 1. The van der Waals surface area contributed by atoms with Gasteiger partial charge in [0.1, 0.15) is 5.54 Å². The molecule has 7 nitrogen and oxygen atoms in total. The van der Waals surface area contributed by atoms with Crippen LogP contribution in [-0.4, -0.2) is 33.4 Å². The number of carbonyl (C=O) groups is 3. The third-order valence-corrected chi connectivity index (χ3v) is 5.78. The summed E-state index contributed by atoms with van der Waals surface area (Å²) in [6.07, 6.45) is 3.57. The number of rotatable bonds is 7. The molecule has 0 bridgehead atoms. The Morgan fingerprint density at radius 3 is 2.54 bits per heavy atom. The Labute approximate surface area is 157 Å². The van der Waals surface area contributed by atoms with E-state index in [1.165, 1.54) is 11.3 Å². The van der Waals surface area contributed by atoms with Gasteiger partial charge in [0.05, 0.1) is 12.1 Å². The van der Waals surface area contributed by atoms with E-state index in [4.69, 9.17) is 0 Å². The quantitative estimate of drug-likeness (QED) is 0.673. The molecule has 8 heteroatoms. The fourth-order valence-electron chi connectivity index (χ4n) is 3.14. The van der Waals surface area contributed by atoms with Gasteiger partial charge in [-0.1, -0.05) is 27.2 Å². The van der Waals surface area contributed by atoms with Crippen molar-refractivity contribution in [2.75, 3.05) is 5.32 Å². The molecule has 0 spiro atoms. The number of hydrogen-bond acceptors (Lipinski definition) is 5. The molecule has 26 heavy (non-hydrogen) atoms. The highest BCUT2D eigenvalue weighted by Crippen LogP contribution is 2.34. The van der Waals surface area contributed by atoms with Crippen LogP contribution >= 0.6 is 11.3 Å². The zero-order valence-corrected chi connectivity index (χ0v) is 16.3. The molecule has 3 N–H and O–H groups in total. The molecule has 0 radical (unpaired) electrons. The van der Waals surface area contributed by atoms with Crippen LogP contribution in [0.5, 0.6) is 0 Å². The lowest BCUT2D eigenvalue weighted by atomic mass is 9.75. The number of anilines is 1. The molecule has 2 rings (SSSR count). The van der Waals surface area contributed by atoms with Gasteiger partial charge < -0.3 is 15.7 Å². The van der Waals surface area contributed by atoms with E-state index in [9.17, 15) is 19.5 Å². The fourth-order valence-corrected chi connectivity index (χ4v) is 3.86. The zero-order valence-electron chi connectivity index (χ0n) is 15.5. The minimum atomic E-state index is -1.17. The van der Waals surface area contributed by atoms with Gasteiger partial charge in [-0.05, 0) is 31.6 Å². The number of nitrogens with one attached hydrogen (secondary N) is 2. The van der Waals surface area contributed by atoms with Gasteiger partial charge in [-0.3, -0.25) is 9.59 Å². The van der Waals surface area contributed by atoms with Crippen molar-refractivity contribution >= 4 is 34.3 Å². The first kappa shape index (κ1) is 20.4. The van der Waals surface area contributed by atoms with Gasteiger partial charge in [-0.15, -0.1) is 11.3 Å². The van der Waals surface area contributed by atoms with Crippen LogP contribution in [0.2, 0.25) is 0 Å². The third kappa shape index (κ3) is 5.03. The van der Waals surface area contributed by atoms with Gasteiger partial charge >= 0.3 is 5.97 Å². The van der Waals surface area contributed by atoms with Crippen LogP contribution in [0.1, 0.15) is 58.6 Å². The van der Waals surface area contributed by atoms with Crippen molar-refractivity contribution < 1.29 is 19.5 Å². The number of nitrogens with zero attached hydrogens (tertiary/aromatic N) is 1. The highest BCUT2D eigenvalue weighted by molar-refractivity contribution is 7.13. The predicted octanol–water partition coefficient (Wildman–Crippen LogP) is 2.82. The van der Waals surface area contributed by atoms with Crippen molar-refractivity contribution in [2.45, 2.75) is 64.8 Å². The Hall–Kier alpha value is -1.96. The normalized spacial score (nSPS) is 22.8. The first-order valence-corrected chi connectivity index (χ1v) is 9.93. The third-order valence-electron chi connectivity index (χ3n) is 4.97. The van der Waals surface area contributed by atoms with Crippen LogP contribution in [0.4, 0.5) is 5.13 Å². The monoisotopic (exact) mass is 381 g/mol. The van der Waals surface area contributed by atoms with Gasteiger partial charge in [0.25, 0.3) is 0 Å². The largest absolute Gasteiger partial charge is 0.480 e. The molecule has 1 aromatic heterocycles. The van der Waals surface area contributed by atoms with E-state index in [2.05, 4.69) is 22.5 Å². The molecule has 0 saturated heterocycles. The first-order chi connectivity index (χ1) is 12.3. The summed E-state index contributed by atoms with van der Waals surface area (Å²) in [7, 11) is 0. The lowest BCUT2D eigenvalue weighted by Crippen LogP contribution is -2.56. The van der Waals surface area contributed by atoms with E-state index in [0.29, 0.717) is 29.6 Å². The summed E-state index contributed by atoms with van der Waals surface area (Å²) in [5.41, 5.74) is -0.651. The number of aromatic nitrogens is 1. The molecule has 1 aromatic rings. The Morgan fingerprint density at radius 2 is 2.00 bits per heavy atom. The van der Waals surface area contributed by atoms with Crippen molar-refractivity contribution in [2.24, 2.45) is 11.8 Å². The lowest BCUT2D eigenvalue weighted by Gasteiger charge is -2.37. The SMILES string of the molecule is CCC1CCC(NC(=O)Cc2csc(NC(=O)C(C)C)n2)(C(=O)O)CC1. The molecule has 1 heterocycles. The van der Waals surface area contributed by atoms with Crippen molar-refractivity contribution in [3.05, 3.63) is 11.1 Å². The number of amides is 2. The van der Waals surface area contributed by atoms with E-state index >= 15 is 0 Å². The highest BCUT2D eigenvalue weighted by Gasteiger charge is 2.42. The lowest BCUT2D eigenvalue weighted by molar-refractivity contribution is -0.149. The van der Waals surface area contributed by atoms with Crippen LogP contribution in [-0.2, 0) is 20.8 Å². The second-order valence-corrected chi connectivity index (χ2v) is 8.11. The Balaban J connectivity index is 1.96. The number of thiazole rings is 1. The van der Waals surface area contributed by atoms with E-state index < -0.39 is 11.5 Å².